The fourth-order valence-electron chi connectivity index (χ4n) is 4.34. The van der Waals surface area contributed by atoms with E-state index >= 15 is 0 Å². The number of aromatic nitrogens is 3. The number of carbonyl (C=O) groups excluding carboxylic acids is 1. The van der Waals surface area contributed by atoms with Gasteiger partial charge in [0, 0.05) is 42.6 Å². The lowest BCUT2D eigenvalue weighted by Gasteiger charge is -2.22. The van der Waals surface area contributed by atoms with Crippen LogP contribution in [-0.2, 0) is 18.3 Å². The van der Waals surface area contributed by atoms with E-state index in [1.54, 1.807) is 46.9 Å². The number of fused-ring (bicyclic) bond motifs is 1. The van der Waals surface area contributed by atoms with Crippen LogP contribution in [0.15, 0.2) is 55.0 Å². The van der Waals surface area contributed by atoms with Crippen molar-refractivity contribution in [2.45, 2.75) is 25.4 Å². The minimum Gasteiger partial charge on any atom is -0.379 e. The lowest BCUT2D eigenvalue weighted by Crippen LogP contribution is -2.40. The van der Waals surface area contributed by atoms with Crippen LogP contribution in [-0.4, -0.2) is 39.5 Å². The quantitative estimate of drug-likeness (QED) is 0.494. The van der Waals surface area contributed by atoms with Crippen molar-refractivity contribution >= 4 is 16.8 Å². The summed E-state index contributed by atoms with van der Waals surface area (Å²) in [5.41, 5.74) is 2.76. The van der Waals surface area contributed by atoms with Crippen molar-refractivity contribution in [3.05, 3.63) is 77.8 Å². The second kappa shape index (κ2) is 8.78. The highest BCUT2D eigenvalue weighted by Gasteiger charge is 2.22. The van der Waals surface area contributed by atoms with Crippen molar-refractivity contribution in [2.24, 2.45) is 7.05 Å². The number of benzene rings is 2. The Balaban J connectivity index is 1.46. The molecule has 4 aromatic rings. The van der Waals surface area contributed by atoms with Gasteiger partial charge in [-0.25, -0.2) is 8.78 Å². The number of aryl methyl sites for hydroxylation is 1. The van der Waals surface area contributed by atoms with E-state index < -0.39 is 5.82 Å². The smallest absolute Gasteiger partial charge is 0.253 e. The molecule has 1 N–H and O–H groups in total. The van der Waals surface area contributed by atoms with Crippen molar-refractivity contribution in [3.8, 4) is 11.1 Å². The topological polar surface area (TPSA) is 61.1 Å². The van der Waals surface area contributed by atoms with Crippen molar-refractivity contribution in [3.63, 3.8) is 0 Å². The minimum atomic E-state index is -0.483. The Bertz CT molecular complexity index is 1320. The van der Waals surface area contributed by atoms with E-state index in [-0.39, 0.29) is 35.3 Å². The summed E-state index contributed by atoms with van der Waals surface area (Å²) in [7, 11) is 1.81. The van der Waals surface area contributed by atoms with Gasteiger partial charge >= 0.3 is 0 Å². The summed E-state index contributed by atoms with van der Waals surface area (Å²) in [4.78, 5) is 13.0. The SMILES string of the molecule is Cn1cc(-c2ccc(Cn3cc(C(=O)NC4CCCOC4)c4c(F)cccc43)c(F)c2)cn1. The largest absolute Gasteiger partial charge is 0.379 e. The molecule has 1 unspecified atom stereocenters. The number of amides is 1. The maximum atomic E-state index is 15.0. The Morgan fingerprint density at radius 2 is 2.06 bits per heavy atom. The third-order valence-corrected chi connectivity index (χ3v) is 6.03. The number of nitrogens with one attached hydrogen (secondary N) is 1. The lowest BCUT2D eigenvalue weighted by molar-refractivity contribution is 0.0624. The molecule has 2 aromatic heterocycles. The summed E-state index contributed by atoms with van der Waals surface area (Å²) in [6.07, 6.45) is 6.79. The van der Waals surface area contributed by atoms with Crippen molar-refractivity contribution in [1.29, 1.82) is 0 Å². The van der Waals surface area contributed by atoms with Crippen LogP contribution in [0.3, 0.4) is 0 Å². The molecule has 0 bridgehead atoms. The normalized spacial score (nSPS) is 16.3. The molecule has 1 aliphatic rings. The zero-order valence-corrected chi connectivity index (χ0v) is 18.2. The van der Waals surface area contributed by atoms with E-state index in [0.29, 0.717) is 24.3 Å². The number of halogens is 2. The van der Waals surface area contributed by atoms with E-state index in [1.807, 2.05) is 12.3 Å². The number of carbonyl (C=O) groups is 1. The van der Waals surface area contributed by atoms with E-state index in [9.17, 15) is 13.6 Å². The molecular formula is C25H24F2N4O2. The van der Waals surface area contributed by atoms with Crippen LogP contribution in [0.25, 0.3) is 22.0 Å². The zero-order chi connectivity index (χ0) is 22.9. The van der Waals surface area contributed by atoms with Crippen LogP contribution in [0.5, 0.6) is 0 Å². The highest BCUT2D eigenvalue weighted by Crippen LogP contribution is 2.27. The molecule has 1 aliphatic heterocycles. The fourth-order valence-corrected chi connectivity index (χ4v) is 4.34. The van der Waals surface area contributed by atoms with E-state index in [0.717, 1.165) is 24.0 Å². The van der Waals surface area contributed by atoms with Gasteiger partial charge in [0.2, 0.25) is 0 Å². The highest BCUT2D eigenvalue weighted by molar-refractivity contribution is 6.07. The third kappa shape index (κ3) is 4.26. The third-order valence-electron chi connectivity index (χ3n) is 6.03. The number of hydrogen-bond acceptors (Lipinski definition) is 3. The van der Waals surface area contributed by atoms with Gasteiger partial charge in [0.15, 0.2) is 0 Å². The number of ether oxygens (including phenoxy) is 1. The second-order valence-corrected chi connectivity index (χ2v) is 8.40. The number of rotatable bonds is 5. The first-order valence-corrected chi connectivity index (χ1v) is 10.9. The van der Waals surface area contributed by atoms with Crippen molar-refractivity contribution in [2.75, 3.05) is 13.2 Å². The molecule has 0 radical (unpaired) electrons. The molecule has 33 heavy (non-hydrogen) atoms. The van der Waals surface area contributed by atoms with Crippen LogP contribution < -0.4 is 5.32 Å². The molecule has 1 atom stereocenters. The Kier molecular flexibility index (Phi) is 5.68. The van der Waals surface area contributed by atoms with Gasteiger partial charge in [0.05, 0.1) is 36.5 Å². The summed E-state index contributed by atoms with van der Waals surface area (Å²) >= 11 is 0. The molecule has 6 nitrogen and oxygen atoms in total. The molecule has 8 heteroatoms. The summed E-state index contributed by atoms with van der Waals surface area (Å²) < 4.78 is 38.5. The second-order valence-electron chi connectivity index (χ2n) is 8.40. The van der Waals surface area contributed by atoms with Gasteiger partial charge in [0.1, 0.15) is 11.6 Å². The average molecular weight is 450 g/mol. The van der Waals surface area contributed by atoms with Gasteiger partial charge in [0.25, 0.3) is 5.91 Å². The summed E-state index contributed by atoms with van der Waals surface area (Å²) in [5.74, 6) is -1.21. The molecule has 1 fully saturated rings. The maximum absolute atomic E-state index is 15.0. The van der Waals surface area contributed by atoms with Gasteiger partial charge in [-0.1, -0.05) is 18.2 Å². The van der Waals surface area contributed by atoms with Crippen LogP contribution in [0, 0.1) is 11.6 Å². The predicted molar refractivity (Wildman–Crippen MR) is 121 cm³/mol. The van der Waals surface area contributed by atoms with Crippen molar-refractivity contribution in [1.82, 2.24) is 19.7 Å². The van der Waals surface area contributed by atoms with Gasteiger partial charge in [-0.3, -0.25) is 9.48 Å². The van der Waals surface area contributed by atoms with Crippen LogP contribution in [0.2, 0.25) is 0 Å². The lowest BCUT2D eigenvalue weighted by atomic mass is 10.1. The van der Waals surface area contributed by atoms with Crippen LogP contribution >= 0.6 is 0 Å². The molecule has 170 valence electrons. The summed E-state index contributed by atoms with van der Waals surface area (Å²) in [5, 5.41) is 7.31. The maximum Gasteiger partial charge on any atom is 0.253 e. The van der Waals surface area contributed by atoms with E-state index in [2.05, 4.69) is 10.4 Å². The van der Waals surface area contributed by atoms with E-state index in [1.165, 1.54) is 12.1 Å². The first-order valence-electron chi connectivity index (χ1n) is 10.9. The fraction of sp³-hybridized carbons (Fsp3) is 0.280. The Morgan fingerprint density at radius 1 is 1.18 bits per heavy atom. The van der Waals surface area contributed by atoms with Gasteiger partial charge in [-0.15, -0.1) is 0 Å². The number of hydrogen-bond donors (Lipinski definition) is 1. The average Bonchev–Trinajstić information content (AvgIpc) is 3.41. The van der Waals surface area contributed by atoms with Crippen molar-refractivity contribution < 1.29 is 18.3 Å². The molecular weight excluding hydrogens is 426 g/mol. The molecule has 3 heterocycles. The summed E-state index contributed by atoms with van der Waals surface area (Å²) in [6.45, 7) is 1.30. The minimum absolute atomic E-state index is 0.103. The Hall–Kier alpha value is -3.52. The van der Waals surface area contributed by atoms with E-state index in [4.69, 9.17) is 4.74 Å². The molecule has 0 aliphatic carbocycles. The molecule has 1 saturated heterocycles. The van der Waals surface area contributed by atoms with Crippen LogP contribution in [0.4, 0.5) is 8.78 Å². The molecule has 5 rings (SSSR count). The first kappa shape index (κ1) is 21.3. The molecule has 2 aromatic carbocycles. The van der Waals surface area contributed by atoms with Gasteiger partial charge in [-0.05, 0) is 36.6 Å². The number of nitrogens with zero attached hydrogens (tertiary/aromatic N) is 3. The summed E-state index contributed by atoms with van der Waals surface area (Å²) in [6, 6.07) is 9.56. The molecule has 0 saturated carbocycles. The van der Waals surface area contributed by atoms with Gasteiger partial charge < -0.3 is 14.6 Å². The highest BCUT2D eigenvalue weighted by atomic mass is 19.1. The van der Waals surface area contributed by atoms with Gasteiger partial charge in [-0.2, -0.15) is 5.10 Å². The Labute approximate surface area is 189 Å². The zero-order valence-electron chi connectivity index (χ0n) is 18.2. The molecule has 1 amide bonds. The Morgan fingerprint density at radius 3 is 2.79 bits per heavy atom. The standard InChI is InChI=1S/C25H24F2N4O2/c1-30-12-18(11-28-30)16-7-8-17(22(27)10-16)13-31-14-20(24-21(26)5-2-6-23(24)31)25(32)29-19-4-3-9-33-15-19/h2,5-8,10-12,14,19H,3-4,9,13,15H2,1H3,(H,29,32). The van der Waals surface area contributed by atoms with Crippen LogP contribution in [0.1, 0.15) is 28.8 Å². The molecule has 0 spiro atoms. The predicted octanol–water partition coefficient (Wildman–Crippen LogP) is 4.28. The first-order chi connectivity index (χ1) is 16.0. The monoisotopic (exact) mass is 450 g/mol.